The first-order valence-corrected chi connectivity index (χ1v) is 25.8. The van der Waals surface area contributed by atoms with Crippen molar-refractivity contribution < 1.29 is 18.9 Å². The number of rotatable bonds is 32. The Morgan fingerprint density at radius 1 is 0.309 bits per heavy atom. The molecule has 368 valence electrons. The van der Waals surface area contributed by atoms with Crippen molar-refractivity contribution >= 4 is 56.9 Å². The van der Waals surface area contributed by atoms with Crippen LogP contribution in [-0.4, -0.2) is 91.0 Å². The fourth-order valence-corrected chi connectivity index (χ4v) is 8.21. The molecule has 0 aromatic heterocycles. The maximum Gasteiger partial charge on any atom is 0.212 e. The zero-order valence-electron chi connectivity index (χ0n) is 43.0. The molecule has 10 heteroatoms. The van der Waals surface area contributed by atoms with Crippen molar-refractivity contribution in [1.29, 1.82) is 0 Å². The summed E-state index contributed by atoms with van der Waals surface area (Å²) < 4.78 is 28.1. The summed E-state index contributed by atoms with van der Waals surface area (Å²) in [6, 6.07) is 35.8. The number of allylic oxidation sites excluding steroid dienone is 4. The maximum absolute atomic E-state index is 5.84. The van der Waals surface area contributed by atoms with Crippen LogP contribution >= 0.6 is 0 Å². The zero-order chi connectivity index (χ0) is 48.4. The third-order valence-electron chi connectivity index (χ3n) is 12.2. The molecular weight excluding hydrogens is 845 g/mol. The lowest BCUT2D eigenvalue weighted by Gasteiger charge is -2.25. The van der Waals surface area contributed by atoms with E-state index in [2.05, 4.69) is 178 Å². The van der Waals surface area contributed by atoms with Gasteiger partial charge in [-0.15, -0.1) is 0 Å². The lowest BCUT2D eigenvalue weighted by Crippen LogP contribution is -2.29. The van der Waals surface area contributed by atoms with Gasteiger partial charge in [0.25, 0.3) is 0 Å². The Bertz CT molecular complexity index is 1810. The Morgan fingerprint density at radius 3 is 0.735 bits per heavy atom. The van der Waals surface area contributed by atoms with Gasteiger partial charge < -0.3 is 38.5 Å². The van der Waals surface area contributed by atoms with Crippen molar-refractivity contribution in [2.45, 2.75) is 107 Å². The molecule has 0 N–H and O–H groups in total. The van der Waals surface area contributed by atoms with E-state index in [4.69, 9.17) is 18.9 Å². The van der Waals surface area contributed by atoms with E-state index in [-0.39, 0.29) is 0 Å². The Labute approximate surface area is 410 Å². The van der Waals surface area contributed by atoms with Crippen LogP contribution in [0.15, 0.2) is 121 Å². The smallest absolute Gasteiger partial charge is 0.212 e. The highest BCUT2D eigenvalue weighted by Gasteiger charge is 2.25. The molecule has 0 bridgehead atoms. The van der Waals surface area contributed by atoms with Gasteiger partial charge in [0.1, 0.15) is 26.9 Å². The molecule has 4 aromatic rings. The van der Waals surface area contributed by atoms with Crippen molar-refractivity contribution in [3.8, 4) is 0 Å². The van der Waals surface area contributed by atoms with Crippen LogP contribution in [0.2, 0.25) is 0 Å². The molecule has 0 saturated carbocycles. The molecule has 68 heavy (non-hydrogen) atoms. The molecule has 0 aliphatic heterocycles. The van der Waals surface area contributed by atoms with Crippen LogP contribution in [0, 0.1) is 0 Å². The van der Waals surface area contributed by atoms with Gasteiger partial charge in [0.2, 0.25) is 34.2 Å². The van der Waals surface area contributed by atoms with E-state index >= 15 is 0 Å². The summed E-state index contributed by atoms with van der Waals surface area (Å²) >= 11 is 0. The van der Waals surface area contributed by atoms with Gasteiger partial charge in [0.15, 0.2) is 0 Å². The van der Waals surface area contributed by atoms with Gasteiger partial charge in [-0.05, 0) is 102 Å². The SMILES string of the molecule is CCCCN(CCCC)c1ccc([N+](=C2C=CC(=[N+](c3ccc(N(CCCC)CCCC)cc3)c3ccc(N(COCC)COCC)cc3)C=C2)c2ccc(N(COCC)COCC)cc2)cc1. The molecule has 0 radical (unpaired) electrons. The molecule has 0 atom stereocenters. The van der Waals surface area contributed by atoms with Gasteiger partial charge in [-0.2, -0.15) is 9.15 Å². The lowest BCUT2D eigenvalue weighted by molar-refractivity contribution is 0.0958. The molecule has 0 fully saturated rings. The first kappa shape index (κ1) is 53.7. The number of hydrogen-bond donors (Lipinski definition) is 0. The van der Waals surface area contributed by atoms with Crippen LogP contribution in [0.1, 0.15) is 107 Å². The molecular formula is C58H84N6O4+2. The van der Waals surface area contributed by atoms with E-state index in [1.165, 1.54) is 62.7 Å². The van der Waals surface area contributed by atoms with Crippen molar-refractivity contribution in [2.24, 2.45) is 0 Å². The number of nitrogens with zero attached hydrogens (tertiary/aromatic N) is 6. The highest BCUT2D eigenvalue weighted by atomic mass is 16.5. The van der Waals surface area contributed by atoms with Crippen LogP contribution in [0.25, 0.3) is 0 Å². The lowest BCUT2D eigenvalue weighted by atomic mass is 10.1. The topological polar surface area (TPSA) is 55.9 Å². The van der Waals surface area contributed by atoms with Crippen LogP contribution in [0.5, 0.6) is 0 Å². The molecule has 0 amide bonds. The standard InChI is InChI=1S/C58H84N6O4/c1-9-17-41-59(42-18-10-2)49-21-29-53(30-22-49)63(55-33-25-51(26-34-55)61(45-65-13-5)46-66-14-6)57-37-39-58(40-38-57)64(54-31-23-50(24-32-54)60(43-19-11-3)44-20-12-4)56-35-27-52(28-36-56)62(47-67-15-7)48-68-16-8/h21-40H,9-20,41-48H2,1-8H3/q+2. The predicted octanol–water partition coefficient (Wildman–Crippen LogP) is 13.5. The number of benzene rings is 4. The third kappa shape index (κ3) is 15.9. The maximum atomic E-state index is 5.84. The van der Waals surface area contributed by atoms with E-state index in [0.29, 0.717) is 53.4 Å². The monoisotopic (exact) mass is 929 g/mol. The van der Waals surface area contributed by atoms with Gasteiger partial charge in [-0.3, -0.25) is 0 Å². The van der Waals surface area contributed by atoms with Crippen LogP contribution in [-0.2, 0) is 18.9 Å². The van der Waals surface area contributed by atoms with Gasteiger partial charge in [0, 0.05) is 148 Å². The average molecular weight is 929 g/mol. The summed E-state index contributed by atoms with van der Waals surface area (Å²) in [4.78, 5) is 9.35. The van der Waals surface area contributed by atoms with Gasteiger partial charge >= 0.3 is 0 Å². The van der Waals surface area contributed by atoms with Crippen molar-refractivity contribution in [2.75, 3.05) is 99.1 Å². The van der Waals surface area contributed by atoms with Crippen LogP contribution in [0.4, 0.5) is 45.5 Å². The highest BCUT2D eigenvalue weighted by molar-refractivity contribution is 6.20. The van der Waals surface area contributed by atoms with Crippen molar-refractivity contribution in [1.82, 2.24) is 9.15 Å². The summed E-state index contributed by atoms with van der Waals surface area (Å²) in [6.07, 6.45) is 18.5. The molecule has 0 heterocycles. The first-order valence-electron chi connectivity index (χ1n) is 25.8. The van der Waals surface area contributed by atoms with E-state index in [9.17, 15) is 0 Å². The largest absolute Gasteiger partial charge is 0.372 e. The molecule has 0 unspecified atom stereocenters. The Balaban J connectivity index is 1.63. The van der Waals surface area contributed by atoms with Crippen molar-refractivity contribution in [3.05, 3.63) is 121 Å². The first-order chi connectivity index (χ1) is 33.4. The second-order valence-electron chi connectivity index (χ2n) is 17.2. The summed E-state index contributed by atoms with van der Waals surface area (Å²) in [5, 5.41) is 0. The number of ether oxygens (including phenoxy) is 4. The van der Waals surface area contributed by atoms with Gasteiger partial charge in [0.05, 0.1) is 0 Å². The van der Waals surface area contributed by atoms with Crippen LogP contribution < -0.4 is 28.8 Å². The summed E-state index contributed by atoms with van der Waals surface area (Å²) in [6.45, 7) is 25.9. The average Bonchev–Trinajstić information content (AvgIpc) is 3.38. The number of unbranched alkanes of at least 4 members (excludes halogenated alkanes) is 4. The third-order valence-corrected chi connectivity index (χ3v) is 12.2. The van der Waals surface area contributed by atoms with E-state index in [1.807, 2.05) is 27.7 Å². The Hall–Kier alpha value is -5.26. The van der Waals surface area contributed by atoms with Gasteiger partial charge in [-0.1, -0.05) is 53.4 Å². The Kier molecular flexibility index (Phi) is 23.9. The summed E-state index contributed by atoms with van der Waals surface area (Å²) in [5.41, 5.74) is 11.1. The van der Waals surface area contributed by atoms with Gasteiger partial charge in [-0.25, -0.2) is 0 Å². The second-order valence-corrected chi connectivity index (χ2v) is 17.2. The molecule has 0 spiro atoms. The van der Waals surface area contributed by atoms with E-state index in [1.54, 1.807) is 0 Å². The minimum atomic E-state index is 0.464. The van der Waals surface area contributed by atoms with E-state index < -0.39 is 0 Å². The number of anilines is 4. The molecule has 1 aliphatic rings. The molecule has 0 saturated heterocycles. The predicted molar refractivity (Wildman–Crippen MR) is 292 cm³/mol. The molecule has 10 nitrogen and oxygen atoms in total. The molecule has 4 aromatic carbocycles. The fraction of sp³-hybridized carbons (Fsp3) is 0.483. The molecule has 5 rings (SSSR count). The molecule has 1 aliphatic carbocycles. The summed E-state index contributed by atoms with van der Waals surface area (Å²) in [5.74, 6) is 0. The summed E-state index contributed by atoms with van der Waals surface area (Å²) in [7, 11) is 0. The quantitative estimate of drug-likeness (QED) is 0.0273. The minimum absolute atomic E-state index is 0.464. The fourth-order valence-electron chi connectivity index (χ4n) is 8.21. The Morgan fingerprint density at radius 2 is 0.529 bits per heavy atom. The normalized spacial score (nSPS) is 12.2. The van der Waals surface area contributed by atoms with E-state index in [0.717, 1.165) is 71.7 Å². The number of hydrogen-bond acceptors (Lipinski definition) is 8. The van der Waals surface area contributed by atoms with Crippen molar-refractivity contribution in [3.63, 3.8) is 0 Å². The minimum Gasteiger partial charge on any atom is -0.372 e. The van der Waals surface area contributed by atoms with Crippen LogP contribution in [0.3, 0.4) is 0 Å². The second kappa shape index (κ2) is 30.3. The zero-order valence-corrected chi connectivity index (χ0v) is 43.0. The highest BCUT2D eigenvalue weighted by Crippen LogP contribution is 2.31.